The standard InChI is InChI=1S/C15H13NO3/c1-11(15(17)18)10-12-5-7-13(8-6-12)19-14-4-2-3-9-16-14/h2-10H,1H3,(H,17,18). The van der Waals surface area contributed by atoms with Gasteiger partial charge in [0, 0.05) is 17.8 Å². The molecule has 0 aliphatic carbocycles. The number of rotatable bonds is 4. The number of carboxylic acid groups (broad SMARTS) is 1. The molecule has 0 aliphatic heterocycles. The molecule has 0 bridgehead atoms. The van der Waals surface area contributed by atoms with Crippen molar-refractivity contribution in [2.45, 2.75) is 6.92 Å². The molecule has 1 N–H and O–H groups in total. The molecular weight excluding hydrogens is 242 g/mol. The zero-order chi connectivity index (χ0) is 13.7. The molecule has 0 aliphatic rings. The Morgan fingerprint density at radius 3 is 2.53 bits per heavy atom. The van der Waals surface area contributed by atoms with Crippen molar-refractivity contribution < 1.29 is 14.6 Å². The molecule has 0 spiro atoms. The number of carbonyl (C=O) groups is 1. The predicted octanol–water partition coefficient (Wildman–Crippen LogP) is 3.36. The van der Waals surface area contributed by atoms with E-state index >= 15 is 0 Å². The van der Waals surface area contributed by atoms with E-state index in [1.165, 1.54) is 0 Å². The number of hydrogen-bond acceptors (Lipinski definition) is 3. The van der Waals surface area contributed by atoms with Gasteiger partial charge in [0.1, 0.15) is 5.75 Å². The van der Waals surface area contributed by atoms with Gasteiger partial charge in [-0.25, -0.2) is 9.78 Å². The molecular formula is C15H13NO3. The summed E-state index contributed by atoms with van der Waals surface area (Å²) in [5, 5.41) is 8.79. The number of aromatic nitrogens is 1. The van der Waals surface area contributed by atoms with E-state index in [1.807, 2.05) is 12.1 Å². The van der Waals surface area contributed by atoms with Crippen LogP contribution < -0.4 is 4.74 Å². The number of carboxylic acids is 1. The monoisotopic (exact) mass is 255 g/mol. The lowest BCUT2D eigenvalue weighted by atomic mass is 10.1. The van der Waals surface area contributed by atoms with Crippen molar-refractivity contribution in [3.8, 4) is 11.6 Å². The molecule has 0 fully saturated rings. The van der Waals surface area contributed by atoms with Crippen LogP contribution in [-0.2, 0) is 4.79 Å². The number of nitrogens with zero attached hydrogens (tertiary/aromatic N) is 1. The molecule has 1 aromatic carbocycles. The van der Waals surface area contributed by atoms with Gasteiger partial charge in [-0.05, 0) is 36.8 Å². The Morgan fingerprint density at radius 1 is 1.21 bits per heavy atom. The summed E-state index contributed by atoms with van der Waals surface area (Å²) in [6.45, 7) is 1.56. The minimum Gasteiger partial charge on any atom is -0.478 e. The molecule has 4 nitrogen and oxygen atoms in total. The van der Waals surface area contributed by atoms with Gasteiger partial charge in [0.15, 0.2) is 0 Å². The maximum Gasteiger partial charge on any atom is 0.331 e. The number of pyridine rings is 1. The predicted molar refractivity (Wildman–Crippen MR) is 72.0 cm³/mol. The average Bonchev–Trinajstić information content (AvgIpc) is 2.42. The highest BCUT2D eigenvalue weighted by Crippen LogP contribution is 2.20. The van der Waals surface area contributed by atoms with Gasteiger partial charge in [0.05, 0.1) is 0 Å². The van der Waals surface area contributed by atoms with E-state index in [2.05, 4.69) is 4.98 Å². The first-order valence-corrected chi connectivity index (χ1v) is 5.76. The van der Waals surface area contributed by atoms with E-state index < -0.39 is 5.97 Å². The average molecular weight is 255 g/mol. The van der Waals surface area contributed by atoms with Gasteiger partial charge in [-0.15, -0.1) is 0 Å². The Kier molecular flexibility index (Phi) is 3.93. The van der Waals surface area contributed by atoms with Gasteiger partial charge >= 0.3 is 5.97 Å². The van der Waals surface area contributed by atoms with Crippen LogP contribution in [0.15, 0.2) is 54.2 Å². The van der Waals surface area contributed by atoms with Crippen LogP contribution in [0.5, 0.6) is 11.6 Å². The summed E-state index contributed by atoms with van der Waals surface area (Å²) < 4.78 is 5.54. The molecule has 2 rings (SSSR count). The van der Waals surface area contributed by atoms with Crippen molar-refractivity contribution in [1.29, 1.82) is 0 Å². The number of hydrogen-bond donors (Lipinski definition) is 1. The lowest BCUT2D eigenvalue weighted by Crippen LogP contribution is -1.95. The summed E-state index contributed by atoms with van der Waals surface area (Å²) in [5.74, 6) is 0.255. The molecule has 1 heterocycles. The van der Waals surface area contributed by atoms with Gasteiger partial charge in [0.2, 0.25) is 5.88 Å². The largest absolute Gasteiger partial charge is 0.478 e. The SMILES string of the molecule is CC(=Cc1ccc(Oc2ccccn2)cc1)C(=O)O. The number of aliphatic carboxylic acids is 1. The first-order valence-electron chi connectivity index (χ1n) is 5.76. The van der Waals surface area contributed by atoms with Gasteiger partial charge in [-0.2, -0.15) is 0 Å². The van der Waals surface area contributed by atoms with E-state index in [0.29, 0.717) is 17.2 Å². The second kappa shape index (κ2) is 5.82. The summed E-state index contributed by atoms with van der Waals surface area (Å²) in [7, 11) is 0. The molecule has 0 amide bonds. The van der Waals surface area contributed by atoms with Crippen molar-refractivity contribution >= 4 is 12.0 Å². The zero-order valence-corrected chi connectivity index (χ0v) is 10.4. The lowest BCUT2D eigenvalue weighted by molar-refractivity contribution is -0.132. The molecule has 2 aromatic rings. The molecule has 19 heavy (non-hydrogen) atoms. The van der Waals surface area contributed by atoms with Crippen LogP contribution >= 0.6 is 0 Å². The molecule has 0 unspecified atom stereocenters. The third-order valence-corrected chi connectivity index (χ3v) is 2.46. The van der Waals surface area contributed by atoms with E-state index in [-0.39, 0.29) is 0 Å². The maximum atomic E-state index is 10.7. The van der Waals surface area contributed by atoms with Crippen molar-refractivity contribution in [1.82, 2.24) is 4.98 Å². The number of ether oxygens (including phenoxy) is 1. The van der Waals surface area contributed by atoms with Gasteiger partial charge < -0.3 is 9.84 Å². The third kappa shape index (κ3) is 3.67. The van der Waals surface area contributed by atoms with Crippen LogP contribution in [0.2, 0.25) is 0 Å². The Labute approximate surface area is 111 Å². The minimum atomic E-state index is -0.922. The van der Waals surface area contributed by atoms with Crippen molar-refractivity contribution in [2.24, 2.45) is 0 Å². The molecule has 0 saturated carbocycles. The molecule has 96 valence electrons. The van der Waals surface area contributed by atoms with Crippen LogP contribution in [0, 0.1) is 0 Å². The fraction of sp³-hybridized carbons (Fsp3) is 0.0667. The Bertz CT molecular complexity index is 589. The minimum absolute atomic E-state index is 0.290. The van der Waals surface area contributed by atoms with E-state index in [4.69, 9.17) is 9.84 Å². The highest BCUT2D eigenvalue weighted by molar-refractivity contribution is 5.91. The zero-order valence-electron chi connectivity index (χ0n) is 10.4. The van der Waals surface area contributed by atoms with E-state index in [1.54, 1.807) is 49.5 Å². The van der Waals surface area contributed by atoms with Gasteiger partial charge in [-0.3, -0.25) is 0 Å². The molecule has 1 aromatic heterocycles. The van der Waals surface area contributed by atoms with Crippen LogP contribution in [0.3, 0.4) is 0 Å². The Balaban J connectivity index is 2.11. The molecule has 4 heteroatoms. The fourth-order valence-electron chi connectivity index (χ4n) is 1.47. The first-order chi connectivity index (χ1) is 9.15. The van der Waals surface area contributed by atoms with Crippen LogP contribution in [0.4, 0.5) is 0 Å². The third-order valence-electron chi connectivity index (χ3n) is 2.46. The second-order valence-electron chi connectivity index (χ2n) is 3.97. The van der Waals surface area contributed by atoms with Gasteiger partial charge in [-0.1, -0.05) is 18.2 Å². The molecule has 0 saturated heterocycles. The topological polar surface area (TPSA) is 59.4 Å². The highest BCUT2D eigenvalue weighted by Gasteiger charge is 2.01. The smallest absolute Gasteiger partial charge is 0.331 e. The maximum absolute atomic E-state index is 10.7. The van der Waals surface area contributed by atoms with Crippen molar-refractivity contribution in [3.05, 3.63) is 59.8 Å². The summed E-state index contributed by atoms with van der Waals surface area (Å²) >= 11 is 0. The van der Waals surface area contributed by atoms with E-state index in [0.717, 1.165) is 5.56 Å². The van der Waals surface area contributed by atoms with Gasteiger partial charge in [0.25, 0.3) is 0 Å². The molecule has 0 atom stereocenters. The first kappa shape index (κ1) is 12.8. The normalized spacial score (nSPS) is 11.1. The van der Waals surface area contributed by atoms with E-state index in [9.17, 15) is 4.79 Å². The quantitative estimate of drug-likeness (QED) is 0.851. The van der Waals surface area contributed by atoms with Crippen LogP contribution in [0.1, 0.15) is 12.5 Å². The summed E-state index contributed by atoms with van der Waals surface area (Å²) in [6, 6.07) is 12.6. The lowest BCUT2D eigenvalue weighted by Gasteiger charge is -2.04. The van der Waals surface area contributed by atoms with Crippen molar-refractivity contribution in [2.75, 3.05) is 0 Å². The number of benzene rings is 1. The van der Waals surface area contributed by atoms with Crippen LogP contribution in [-0.4, -0.2) is 16.1 Å². The Hall–Kier alpha value is -2.62. The second-order valence-corrected chi connectivity index (χ2v) is 3.97. The van der Waals surface area contributed by atoms with Crippen LogP contribution in [0.25, 0.3) is 6.08 Å². The fourth-order valence-corrected chi connectivity index (χ4v) is 1.47. The highest BCUT2D eigenvalue weighted by atomic mass is 16.5. The Morgan fingerprint density at radius 2 is 1.95 bits per heavy atom. The molecule has 0 radical (unpaired) electrons. The summed E-state index contributed by atoms with van der Waals surface area (Å²) in [6.07, 6.45) is 3.26. The summed E-state index contributed by atoms with van der Waals surface area (Å²) in [4.78, 5) is 14.8. The van der Waals surface area contributed by atoms with Crippen molar-refractivity contribution in [3.63, 3.8) is 0 Å². The summed E-state index contributed by atoms with van der Waals surface area (Å²) in [5.41, 5.74) is 1.10.